The molecular formula is C15H25NO2. The van der Waals surface area contributed by atoms with Crippen molar-refractivity contribution in [2.24, 2.45) is 0 Å². The maximum absolute atomic E-state index is 9.92. The van der Waals surface area contributed by atoms with Crippen molar-refractivity contribution in [1.29, 1.82) is 0 Å². The summed E-state index contributed by atoms with van der Waals surface area (Å²) in [5.74, 6) is 0. The number of hydrogen-bond acceptors (Lipinski definition) is 3. The fourth-order valence-electron chi connectivity index (χ4n) is 1.67. The minimum absolute atomic E-state index is 0.604. The van der Waals surface area contributed by atoms with Gasteiger partial charge in [0.15, 0.2) is 0 Å². The summed E-state index contributed by atoms with van der Waals surface area (Å²) in [7, 11) is 0. The summed E-state index contributed by atoms with van der Waals surface area (Å²) in [6, 6.07) is 8.25. The number of benzene rings is 1. The molecule has 0 aromatic heterocycles. The molecule has 0 spiro atoms. The van der Waals surface area contributed by atoms with E-state index in [4.69, 9.17) is 4.74 Å². The highest BCUT2D eigenvalue weighted by atomic mass is 16.5. The molecule has 2 N–H and O–H groups in total. The molecule has 0 fully saturated rings. The van der Waals surface area contributed by atoms with E-state index in [-0.39, 0.29) is 0 Å². The predicted octanol–water partition coefficient (Wildman–Crippen LogP) is 2.47. The van der Waals surface area contributed by atoms with Crippen molar-refractivity contribution < 1.29 is 9.84 Å². The second-order valence-corrected chi connectivity index (χ2v) is 4.86. The van der Waals surface area contributed by atoms with E-state index in [1.807, 2.05) is 32.9 Å². The van der Waals surface area contributed by atoms with Crippen LogP contribution >= 0.6 is 0 Å². The lowest BCUT2D eigenvalue weighted by atomic mass is 10.0. The summed E-state index contributed by atoms with van der Waals surface area (Å²) < 4.78 is 5.45. The maximum Gasteiger partial charge on any atom is 0.0741 e. The van der Waals surface area contributed by atoms with E-state index in [9.17, 15) is 5.11 Å². The average Bonchev–Trinajstić information content (AvgIpc) is 2.37. The fourth-order valence-corrected chi connectivity index (χ4v) is 1.67. The fraction of sp³-hybridized carbons (Fsp3) is 0.600. The van der Waals surface area contributed by atoms with Crippen molar-refractivity contribution in [3.63, 3.8) is 0 Å². The van der Waals surface area contributed by atoms with Crippen LogP contribution in [0.25, 0.3) is 0 Å². The molecular weight excluding hydrogens is 226 g/mol. The first-order valence-electron chi connectivity index (χ1n) is 6.66. The van der Waals surface area contributed by atoms with Crippen LogP contribution in [0.5, 0.6) is 0 Å². The van der Waals surface area contributed by atoms with Gasteiger partial charge in [0.1, 0.15) is 0 Å². The Bertz CT molecular complexity index is 350. The molecule has 1 aromatic rings. The first-order valence-corrected chi connectivity index (χ1v) is 6.66. The van der Waals surface area contributed by atoms with Crippen LogP contribution in [-0.2, 0) is 17.9 Å². The zero-order valence-corrected chi connectivity index (χ0v) is 11.7. The highest BCUT2D eigenvalue weighted by Gasteiger charge is 2.16. The molecule has 102 valence electrons. The number of rotatable bonds is 8. The van der Waals surface area contributed by atoms with E-state index < -0.39 is 5.60 Å². The molecule has 0 aliphatic heterocycles. The first-order chi connectivity index (χ1) is 8.59. The van der Waals surface area contributed by atoms with Gasteiger partial charge in [-0.05, 0) is 31.4 Å². The molecule has 18 heavy (non-hydrogen) atoms. The number of nitrogens with one attached hydrogen (secondary N) is 1. The molecule has 1 aromatic carbocycles. The van der Waals surface area contributed by atoms with Crippen LogP contribution in [0.1, 0.15) is 38.3 Å². The standard InChI is InChI=1S/C15H25NO2/c1-4-15(3,17)12-16-10-13-8-6-7-9-14(13)11-18-5-2/h6-9,16-17H,4-5,10-12H2,1-3H3. The summed E-state index contributed by atoms with van der Waals surface area (Å²) in [6.07, 6.45) is 0.751. The summed E-state index contributed by atoms with van der Waals surface area (Å²) in [6.45, 7) is 8.59. The van der Waals surface area contributed by atoms with Crippen LogP contribution < -0.4 is 5.32 Å². The Kier molecular flexibility index (Phi) is 6.33. The third kappa shape index (κ3) is 5.17. The van der Waals surface area contributed by atoms with Crippen molar-refractivity contribution in [3.05, 3.63) is 35.4 Å². The molecule has 0 heterocycles. The van der Waals surface area contributed by atoms with E-state index in [0.717, 1.165) is 19.6 Å². The van der Waals surface area contributed by atoms with Gasteiger partial charge in [-0.3, -0.25) is 0 Å². The lowest BCUT2D eigenvalue weighted by Crippen LogP contribution is -2.36. The molecule has 0 aliphatic carbocycles. The quantitative estimate of drug-likeness (QED) is 0.746. The summed E-state index contributed by atoms with van der Waals surface area (Å²) >= 11 is 0. The van der Waals surface area contributed by atoms with Crippen LogP contribution in [0.3, 0.4) is 0 Å². The second-order valence-electron chi connectivity index (χ2n) is 4.86. The molecule has 0 amide bonds. The molecule has 1 atom stereocenters. The minimum atomic E-state index is -0.630. The summed E-state index contributed by atoms with van der Waals surface area (Å²) in [4.78, 5) is 0. The predicted molar refractivity (Wildman–Crippen MR) is 74.4 cm³/mol. The van der Waals surface area contributed by atoms with Gasteiger partial charge in [0, 0.05) is 19.7 Å². The lowest BCUT2D eigenvalue weighted by molar-refractivity contribution is 0.0555. The van der Waals surface area contributed by atoms with E-state index in [1.54, 1.807) is 0 Å². The van der Waals surface area contributed by atoms with Gasteiger partial charge >= 0.3 is 0 Å². The minimum Gasteiger partial charge on any atom is -0.389 e. The normalized spacial score (nSPS) is 14.4. The van der Waals surface area contributed by atoms with Crippen LogP contribution in [0.15, 0.2) is 24.3 Å². The lowest BCUT2D eigenvalue weighted by Gasteiger charge is -2.22. The molecule has 3 heteroatoms. The van der Waals surface area contributed by atoms with Crippen molar-refractivity contribution >= 4 is 0 Å². The van der Waals surface area contributed by atoms with Gasteiger partial charge in [-0.25, -0.2) is 0 Å². The van der Waals surface area contributed by atoms with Gasteiger partial charge in [-0.15, -0.1) is 0 Å². The van der Waals surface area contributed by atoms with Crippen molar-refractivity contribution in [2.75, 3.05) is 13.2 Å². The van der Waals surface area contributed by atoms with Crippen molar-refractivity contribution in [1.82, 2.24) is 5.32 Å². The highest BCUT2D eigenvalue weighted by molar-refractivity contribution is 5.26. The number of hydrogen-bond donors (Lipinski definition) is 2. The van der Waals surface area contributed by atoms with Crippen LogP contribution in [0.2, 0.25) is 0 Å². The Morgan fingerprint density at radius 3 is 2.50 bits per heavy atom. The molecule has 1 unspecified atom stereocenters. The van der Waals surface area contributed by atoms with Crippen molar-refractivity contribution in [2.45, 2.75) is 45.9 Å². The third-order valence-electron chi connectivity index (χ3n) is 3.16. The highest BCUT2D eigenvalue weighted by Crippen LogP contribution is 2.11. The molecule has 0 bridgehead atoms. The molecule has 1 rings (SSSR count). The Hall–Kier alpha value is -0.900. The van der Waals surface area contributed by atoms with Gasteiger partial charge in [-0.2, -0.15) is 0 Å². The Morgan fingerprint density at radius 2 is 1.89 bits per heavy atom. The Morgan fingerprint density at radius 1 is 1.22 bits per heavy atom. The van der Waals surface area contributed by atoms with Crippen LogP contribution in [0.4, 0.5) is 0 Å². The molecule has 0 radical (unpaired) electrons. The second kappa shape index (κ2) is 7.52. The summed E-state index contributed by atoms with van der Waals surface area (Å²) in [5, 5.41) is 13.2. The van der Waals surface area contributed by atoms with E-state index in [1.165, 1.54) is 11.1 Å². The van der Waals surface area contributed by atoms with E-state index in [2.05, 4.69) is 17.4 Å². The van der Waals surface area contributed by atoms with Gasteiger partial charge in [0.25, 0.3) is 0 Å². The van der Waals surface area contributed by atoms with Gasteiger partial charge in [-0.1, -0.05) is 31.2 Å². The maximum atomic E-state index is 9.92. The first kappa shape index (κ1) is 15.2. The van der Waals surface area contributed by atoms with Gasteiger partial charge < -0.3 is 15.2 Å². The molecule has 0 aliphatic rings. The average molecular weight is 251 g/mol. The van der Waals surface area contributed by atoms with Gasteiger partial charge in [0.05, 0.1) is 12.2 Å². The van der Waals surface area contributed by atoms with E-state index in [0.29, 0.717) is 13.2 Å². The zero-order valence-electron chi connectivity index (χ0n) is 11.7. The monoisotopic (exact) mass is 251 g/mol. The largest absolute Gasteiger partial charge is 0.389 e. The van der Waals surface area contributed by atoms with Gasteiger partial charge in [0.2, 0.25) is 0 Å². The zero-order chi connectivity index (χ0) is 13.4. The molecule has 3 nitrogen and oxygen atoms in total. The van der Waals surface area contributed by atoms with Crippen molar-refractivity contribution in [3.8, 4) is 0 Å². The van der Waals surface area contributed by atoms with E-state index >= 15 is 0 Å². The third-order valence-corrected chi connectivity index (χ3v) is 3.16. The smallest absolute Gasteiger partial charge is 0.0741 e. The summed E-state index contributed by atoms with van der Waals surface area (Å²) in [5.41, 5.74) is 1.82. The SMILES string of the molecule is CCOCc1ccccc1CNCC(C)(O)CC. The molecule has 0 saturated carbocycles. The number of aliphatic hydroxyl groups is 1. The Balaban J connectivity index is 2.51. The topological polar surface area (TPSA) is 41.5 Å². The molecule has 0 saturated heterocycles. The number of ether oxygens (including phenoxy) is 1. The van der Waals surface area contributed by atoms with Crippen LogP contribution in [-0.4, -0.2) is 23.9 Å². The Labute approximate surface area is 110 Å². The van der Waals surface area contributed by atoms with Crippen LogP contribution in [0, 0.1) is 0 Å².